The molecule has 0 aliphatic rings. The average Bonchev–Trinajstić information content (AvgIpc) is 3.00. The molecule has 1 aromatic heterocycles. The number of aromatic hydroxyl groups is 1. The van der Waals surface area contributed by atoms with Crippen LogP contribution in [0.4, 0.5) is 5.13 Å². The second-order valence-corrected chi connectivity index (χ2v) is 5.66. The number of anilines is 1. The summed E-state index contributed by atoms with van der Waals surface area (Å²) in [5.41, 5.74) is 0.705. The van der Waals surface area contributed by atoms with Gasteiger partial charge in [0.05, 0.1) is 24.3 Å². The van der Waals surface area contributed by atoms with E-state index in [4.69, 9.17) is 14.6 Å². The van der Waals surface area contributed by atoms with Gasteiger partial charge < -0.3 is 14.6 Å². The number of amides is 1. The molecule has 8 nitrogen and oxygen atoms in total. The molecule has 0 fully saturated rings. The molecule has 1 aromatic carbocycles. The van der Waals surface area contributed by atoms with Gasteiger partial charge >= 0.3 is 11.9 Å². The number of phenolic OH excluding ortho intramolecular Hbond substituents is 1. The van der Waals surface area contributed by atoms with E-state index in [9.17, 15) is 14.4 Å². The SMILES string of the molecule is CCOC(=O)Cc1csc(NC(=O)COC(=O)c2ccc(O)cc2)n1. The molecular formula is C16H16N2O6S. The van der Waals surface area contributed by atoms with Crippen LogP contribution in [-0.2, 0) is 25.5 Å². The number of thiazole rings is 1. The van der Waals surface area contributed by atoms with Crippen molar-refractivity contribution in [2.45, 2.75) is 13.3 Å². The van der Waals surface area contributed by atoms with E-state index in [2.05, 4.69) is 10.3 Å². The summed E-state index contributed by atoms with van der Waals surface area (Å²) in [6.45, 7) is 1.52. The number of aromatic nitrogens is 1. The Morgan fingerprint density at radius 1 is 1.20 bits per heavy atom. The number of esters is 2. The fourth-order valence-electron chi connectivity index (χ4n) is 1.77. The van der Waals surface area contributed by atoms with Crippen molar-refractivity contribution in [2.24, 2.45) is 0 Å². The lowest BCUT2D eigenvalue weighted by Gasteiger charge is -2.04. The maximum Gasteiger partial charge on any atom is 0.338 e. The normalized spacial score (nSPS) is 10.1. The number of benzene rings is 1. The lowest BCUT2D eigenvalue weighted by Crippen LogP contribution is -2.20. The van der Waals surface area contributed by atoms with Gasteiger partial charge in [0.15, 0.2) is 11.7 Å². The molecular weight excluding hydrogens is 348 g/mol. The van der Waals surface area contributed by atoms with Gasteiger partial charge in [0.1, 0.15) is 5.75 Å². The Labute approximate surface area is 147 Å². The van der Waals surface area contributed by atoms with Crippen LogP contribution < -0.4 is 5.32 Å². The molecule has 1 amide bonds. The first-order valence-electron chi connectivity index (χ1n) is 7.34. The Bertz CT molecular complexity index is 756. The van der Waals surface area contributed by atoms with E-state index in [0.29, 0.717) is 17.4 Å². The van der Waals surface area contributed by atoms with Crippen LogP contribution in [0.25, 0.3) is 0 Å². The van der Waals surface area contributed by atoms with E-state index in [-0.39, 0.29) is 17.7 Å². The second kappa shape index (κ2) is 8.78. The Hall–Kier alpha value is -2.94. The number of hydrogen-bond donors (Lipinski definition) is 2. The number of nitrogens with one attached hydrogen (secondary N) is 1. The molecule has 0 radical (unpaired) electrons. The average molecular weight is 364 g/mol. The molecule has 25 heavy (non-hydrogen) atoms. The largest absolute Gasteiger partial charge is 0.508 e. The molecule has 0 atom stereocenters. The smallest absolute Gasteiger partial charge is 0.338 e. The molecule has 132 valence electrons. The van der Waals surface area contributed by atoms with Crippen LogP contribution in [0.2, 0.25) is 0 Å². The molecule has 0 spiro atoms. The van der Waals surface area contributed by atoms with E-state index in [1.54, 1.807) is 12.3 Å². The van der Waals surface area contributed by atoms with Crippen LogP contribution in [0, 0.1) is 0 Å². The fraction of sp³-hybridized carbons (Fsp3) is 0.250. The zero-order valence-corrected chi connectivity index (χ0v) is 14.2. The van der Waals surface area contributed by atoms with Gasteiger partial charge in [-0.3, -0.25) is 14.9 Å². The van der Waals surface area contributed by atoms with Crippen molar-refractivity contribution < 1.29 is 29.0 Å². The second-order valence-electron chi connectivity index (χ2n) is 4.80. The van der Waals surface area contributed by atoms with Gasteiger partial charge in [-0.25, -0.2) is 9.78 Å². The van der Waals surface area contributed by atoms with Gasteiger partial charge in [-0.05, 0) is 31.2 Å². The Balaban J connectivity index is 1.80. The van der Waals surface area contributed by atoms with Crippen molar-refractivity contribution in [1.29, 1.82) is 0 Å². The Kier molecular flexibility index (Phi) is 6.47. The van der Waals surface area contributed by atoms with Crippen molar-refractivity contribution in [3.63, 3.8) is 0 Å². The third-order valence-corrected chi connectivity index (χ3v) is 3.67. The maximum absolute atomic E-state index is 11.8. The molecule has 1 heterocycles. The Morgan fingerprint density at radius 3 is 2.60 bits per heavy atom. The van der Waals surface area contributed by atoms with E-state index in [1.165, 1.54) is 24.3 Å². The van der Waals surface area contributed by atoms with Gasteiger partial charge in [0.25, 0.3) is 5.91 Å². The van der Waals surface area contributed by atoms with Gasteiger partial charge in [0, 0.05) is 5.38 Å². The van der Waals surface area contributed by atoms with Crippen LogP contribution in [-0.4, -0.2) is 41.2 Å². The minimum Gasteiger partial charge on any atom is -0.508 e. The van der Waals surface area contributed by atoms with Crippen molar-refractivity contribution in [2.75, 3.05) is 18.5 Å². The summed E-state index contributed by atoms with van der Waals surface area (Å²) in [5.74, 6) is -1.60. The zero-order chi connectivity index (χ0) is 18.2. The first-order chi connectivity index (χ1) is 12.0. The molecule has 0 aliphatic carbocycles. The molecule has 2 rings (SSSR count). The van der Waals surface area contributed by atoms with E-state index in [0.717, 1.165) is 11.3 Å². The summed E-state index contributed by atoms with van der Waals surface area (Å²) in [5, 5.41) is 13.6. The van der Waals surface area contributed by atoms with Crippen LogP contribution in [0.3, 0.4) is 0 Å². The van der Waals surface area contributed by atoms with E-state index < -0.39 is 24.5 Å². The molecule has 0 saturated carbocycles. The van der Waals surface area contributed by atoms with Gasteiger partial charge in [-0.15, -0.1) is 11.3 Å². The first-order valence-corrected chi connectivity index (χ1v) is 8.22. The van der Waals surface area contributed by atoms with Crippen LogP contribution in [0.1, 0.15) is 23.0 Å². The lowest BCUT2D eigenvalue weighted by molar-refractivity contribution is -0.142. The summed E-state index contributed by atoms with van der Waals surface area (Å²) in [6, 6.07) is 5.46. The number of rotatable bonds is 7. The van der Waals surface area contributed by atoms with E-state index in [1.807, 2.05) is 0 Å². The third-order valence-electron chi connectivity index (χ3n) is 2.87. The monoisotopic (exact) mass is 364 g/mol. The highest BCUT2D eigenvalue weighted by atomic mass is 32.1. The summed E-state index contributed by atoms with van der Waals surface area (Å²) >= 11 is 1.15. The van der Waals surface area contributed by atoms with Gasteiger partial charge in [-0.2, -0.15) is 0 Å². The third kappa shape index (κ3) is 5.88. The van der Waals surface area contributed by atoms with Crippen molar-refractivity contribution in [3.8, 4) is 5.75 Å². The number of carbonyl (C=O) groups excluding carboxylic acids is 3. The molecule has 2 aromatic rings. The predicted molar refractivity (Wildman–Crippen MR) is 89.5 cm³/mol. The molecule has 2 N–H and O–H groups in total. The number of nitrogens with zero attached hydrogens (tertiary/aromatic N) is 1. The number of ether oxygens (including phenoxy) is 2. The Morgan fingerprint density at radius 2 is 1.92 bits per heavy atom. The zero-order valence-electron chi connectivity index (χ0n) is 13.4. The van der Waals surface area contributed by atoms with Crippen molar-refractivity contribution >= 4 is 34.3 Å². The van der Waals surface area contributed by atoms with Gasteiger partial charge in [-0.1, -0.05) is 0 Å². The first kappa shape index (κ1) is 18.4. The fourth-order valence-corrected chi connectivity index (χ4v) is 2.50. The summed E-state index contributed by atoms with van der Waals surface area (Å²) in [7, 11) is 0. The van der Waals surface area contributed by atoms with Crippen LogP contribution >= 0.6 is 11.3 Å². The quantitative estimate of drug-likeness (QED) is 0.719. The van der Waals surface area contributed by atoms with Crippen molar-refractivity contribution in [1.82, 2.24) is 4.98 Å². The van der Waals surface area contributed by atoms with E-state index >= 15 is 0 Å². The summed E-state index contributed by atoms with van der Waals surface area (Å²) in [6.07, 6.45) is 0.0239. The number of phenols is 1. The molecule has 0 saturated heterocycles. The van der Waals surface area contributed by atoms with Crippen molar-refractivity contribution in [3.05, 3.63) is 40.9 Å². The highest BCUT2D eigenvalue weighted by Gasteiger charge is 2.13. The summed E-state index contributed by atoms with van der Waals surface area (Å²) in [4.78, 5) is 39.0. The lowest BCUT2D eigenvalue weighted by atomic mass is 10.2. The summed E-state index contributed by atoms with van der Waals surface area (Å²) < 4.78 is 9.69. The number of hydrogen-bond acceptors (Lipinski definition) is 8. The maximum atomic E-state index is 11.8. The van der Waals surface area contributed by atoms with Gasteiger partial charge in [0.2, 0.25) is 0 Å². The van der Waals surface area contributed by atoms with Crippen LogP contribution in [0.5, 0.6) is 5.75 Å². The van der Waals surface area contributed by atoms with Crippen LogP contribution in [0.15, 0.2) is 29.6 Å². The highest BCUT2D eigenvalue weighted by molar-refractivity contribution is 7.13. The highest BCUT2D eigenvalue weighted by Crippen LogP contribution is 2.16. The molecule has 0 bridgehead atoms. The molecule has 9 heteroatoms. The standard InChI is InChI=1S/C16H16N2O6S/c1-2-23-14(21)7-11-9-25-16(17-11)18-13(20)8-24-15(22)10-3-5-12(19)6-4-10/h3-6,9,19H,2,7-8H2,1H3,(H,17,18,20). The minimum absolute atomic E-state index is 0.0239. The minimum atomic E-state index is -0.683. The predicted octanol–water partition coefficient (Wildman–Crippen LogP) is 1.75. The molecule has 0 aliphatic heterocycles. The number of carbonyl (C=O) groups is 3. The molecule has 0 unspecified atom stereocenters. The topological polar surface area (TPSA) is 115 Å².